The summed E-state index contributed by atoms with van der Waals surface area (Å²) >= 11 is 6.05. The second-order valence-electron chi connectivity index (χ2n) is 7.82. The fourth-order valence-electron chi connectivity index (χ4n) is 3.93. The minimum absolute atomic E-state index is 0.0649. The topological polar surface area (TPSA) is 62.6 Å². The third-order valence-corrected chi connectivity index (χ3v) is 5.91. The van der Waals surface area contributed by atoms with Crippen LogP contribution in [0.5, 0.6) is 5.75 Å². The SMILES string of the molecule is COc1ccc(Cl)cc1NC(=O)CN1CCN(CCn2ccnc2-c2ccccc2)CC1. The summed E-state index contributed by atoms with van der Waals surface area (Å²) in [5, 5.41) is 3.47. The molecule has 1 saturated heterocycles. The molecule has 0 bridgehead atoms. The van der Waals surface area contributed by atoms with E-state index in [1.807, 2.05) is 30.6 Å². The normalized spacial score (nSPS) is 14.9. The molecule has 0 radical (unpaired) electrons. The number of carbonyl (C=O) groups excluding carboxylic acids is 1. The fourth-order valence-corrected chi connectivity index (χ4v) is 4.10. The van der Waals surface area contributed by atoms with E-state index in [1.54, 1.807) is 25.3 Å². The van der Waals surface area contributed by atoms with Gasteiger partial charge in [0.05, 0.1) is 19.3 Å². The highest BCUT2D eigenvalue weighted by Gasteiger charge is 2.20. The van der Waals surface area contributed by atoms with E-state index in [2.05, 4.69) is 36.8 Å². The van der Waals surface area contributed by atoms with Crippen molar-refractivity contribution >= 4 is 23.2 Å². The summed E-state index contributed by atoms with van der Waals surface area (Å²) in [5.74, 6) is 1.53. The number of benzene rings is 2. The second-order valence-corrected chi connectivity index (χ2v) is 8.26. The van der Waals surface area contributed by atoms with Gasteiger partial charge >= 0.3 is 0 Å². The van der Waals surface area contributed by atoms with Crippen LogP contribution in [0.3, 0.4) is 0 Å². The molecule has 0 atom stereocenters. The van der Waals surface area contributed by atoms with Crippen LogP contribution >= 0.6 is 11.6 Å². The van der Waals surface area contributed by atoms with E-state index in [0.717, 1.165) is 50.7 Å². The predicted molar refractivity (Wildman–Crippen MR) is 127 cm³/mol. The Morgan fingerprint density at radius 1 is 1.06 bits per heavy atom. The van der Waals surface area contributed by atoms with Gasteiger partial charge in [0.1, 0.15) is 11.6 Å². The Morgan fingerprint density at radius 3 is 2.56 bits per heavy atom. The molecule has 1 N–H and O–H groups in total. The summed E-state index contributed by atoms with van der Waals surface area (Å²) in [6.07, 6.45) is 3.89. The lowest BCUT2D eigenvalue weighted by Gasteiger charge is -2.34. The van der Waals surface area contributed by atoms with Crippen LogP contribution in [0.15, 0.2) is 60.9 Å². The molecule has 1 fully saturated rings. The standard InChI is InChI=1S/C24H28ClN5O2/c1-32-22-8-7-20(25)17-21(22)27-23(31)18-29-13-11-28(12-14-29)15-16-30-10-9-26-24(30)19-5-3-2-4-6-19/h2-10,17H,11-16,18H2,1H3,(H,27,31). The number of nitrogens with zero attached hydrogens (tertiary/aromatic N) is 4. The van der Waals surface area contributed by atoms with E-state index in [-0.39, 0.29) is 5.91 Å². The summed E-state index contributed by atoms with van der Waals surface area (Å²) in [7, 11) is 1.57. The molecule has 1 aliphatic rings. The molecule has 2 heterocycles. The minimum atomic E-state index is -0.0649. The molecule has 3 aromatic rings. The number of hydrogen-bond donors (Lipinski definition) is 1. The van der Waals surface area contributed by atoms with Gasteiger partial charge in [0.2, 0.25) is 5.91 Å². The van der Waals surface area contributed by atoms with Crippen LogP contribution in [0.4, 0.5) is 5.69 Å². The van der Waals surface area contributed by atoms with Crippen LogP contribution in [0, 0.1) is 0 Å². The third-order valence-electron chi connectivity index (χ3n) is 5.67. The third kappa shape index (κ3) is 5.68. The first kappa shape index (κ1) is 22.3. The number of methoxy groups -OCH3 is 1. The summed E-state index contributed by atoms with van der Waals surface area (Å²) in [6.45, 7) is 5.77. The molecule has 168 valence electrons. The van der Waals surface area contributed by atoms with Crippen molar-refractivity contribution in [3.8, 4) is 17.1 Å². The van der Waals surface area contributed by atoms with Gasteiger partial charge in [-0.1, -0.05) is 41.9 Å². The van der Waals surface area contributed by atoms with Crippen molar-refractivity contribution in [3.05, 3.63) is 65.9 Å². The first-order valence-electron chi connectivity index (χ1n) is 10.8. The van der Waals surface area contributed by atoms with Crippen molar-refractivity contribution in [2.24, 2.45) is 0 Å². The van der Waals surface area contributed by atoms with E-state index in [4.69, 9.17) is 16.3 Å². The van der Waals surface area contributed by atoms with Gasteiger partial charge in [-0.05, 0) is 18.2 Å². The Labute approximate surface area is 193 Å². The molecule has 7 nitrogen and oxygen atoms in total. The first-order valence-corrected chi connectivity index (χ1v) is 11.1. The van der Waals surface area contributed by atoms with Crippen molar-refractivity contribution in [3.63, 3.8) is 0 Å². The number of piperazine rings is 1. The lowest BCUT2D eigenvalue weighted by Crippen LogP contribution is -2.49. The molecule has 2 aromatic carbocycles. The van der Waals surface area contributed by atoms with Gasteiger partial charge in [-0.2, -0.15) is 0 Å². The molecule has 0 aliphatic carbocycles. The Morgan fingerprint density at radius 2 is 1.81 bits per heavy atom. The lowest BCUT2D eigenvalue weighted by atomic mass is 10.2. The predicted octanol–water partition coefficient (Wildman–Crippen LogP) is 3.47. The van der Waals surface area contributed by atoms with Crippen molar-refractivity contribution in [2.45, 2.75) is 6.54 Å². The Hall–Kier alpha value is -2.87. The van der Waals surface area contributed by atoms with E-state index in [1.165, 1.54) is 0 Å². The van der Waals surface area contributed by atoms with E-state index >= 15 is 0 Å². The number of halogens is 1. The second kappa shape index (κ2) is 10.6. The maximum atomic E-state index is 12.5. The van der Waals surface area contributed by atoms with Gasteiger partial charge in [0, 0.05) is 62.2 Å². The number of hydrogen-bond acceptors (Lipinski definition) is 5. The number of imidazole rings is 1. The van der Waals surface area contributed by atoms with Crippen LogP contribution in [-0.2, 0) is 11.3 Å². The molecule has 0 saturated carbocycles. The largest absolute Gasteiger partial charge is 0.495 e. The van der Waals surface area contributed by atoms with E-state index in [9.17, 15) is 4.79 Å². The monoisotopic (exact) mass is 453 g/mol. The highest BCUT2D eigenvalue weighted by atomic mass is 35.5. The first-order chi connectivity index (χ1) is 15.6. The molecule has 1 amide bonds. The van der Waals surface area contributed by atoms with Crippen LogP contribution in [0.25, 0.3) is 11.4 Å². The molecule has 1 aliphatic heterocycles. The van der Waals surface area contributed by atoms with Gasteiger partial charge in [0.25, 0.3) is 0 Å². The molecular formula is C24H28ClN5O2. The van der Waals surface area contributed by atoms with Gasteiger partial charge in [0.15, 0.2) is 0 Å². The van der Waals surface area contributed by atoms with Crippen LogP contribution < -0.4 is 10.1 Å². The molecule has 32 heavy (non-hydrogen) atoms. The highest BCUT2D eigenvalue weighted by Crippen LogP contribution is 2.27. The quantitative estimate of drug-likeness (QED) is 0.566. The van der Waals surface area contributed by atoms with Crippen LogP contribution in [-0.4, -0.2) is 71.6 Å². The average Bonchev–Trinajstić information content (AvgIpc) is 3.28. The summed E-state index contributed by atoms with van der Waals surface area (Å²) in [5.41, 5.74) is 1.72. The number of carbonyl (C=O) groups is 1. The minimum Gasteiger partial charge on any atom is -0.495 e. The molecular weight excluding hydrogens is 426 g/mol. The van der Waals surface area contributed by atoms with E-state index in [0.29, 0.717) is 23.0 Å². The smallest absolute Gasteiger partial charge is 0.238 e. The zero-order valence-electron chi connectivity index (χ0n) is 18.2. The number of aromatic nitrogens is 2. The zero-order valence-corrected chi connectivity index (χ0v) is 19.0. The van der Waals surface area contributed by atoms with Crippen molar-refractivity contribution in [1.82, 2.24) is 19.4 Å². The highest BCUT2D eigenvalue weighted by molar-refractivity contribution is 6.31. The van der Waals surface area contributed by atoms with Gasteiger partial charge in [-0.15, -0.1) is 0 Å². The van der Waals surface area contributed by atoms with Crippen molar-refractivity contribution < 1.29 is 9.53 Å². The Bertz CT molecular complexity index is 1030. The molecule has 4 rings (SSSR count). The number of rotatable bonds is 8. The zero-order chi connectivity index (χ0) is 22.3. The molecule has 8 heteroatoms. The van der Waals surface area contributed by atoms with Crippen LogP contribution in [0.1, 0.15) is 0 Å². The number of anilines is 1. The van der Waals surface area contributed by atoms with Crippen LogP contribution in [0.2, 0.25) is 5.02 Å². The fraction of sp³-hybridized carbons (Fsp3) is 0.333. The Kier molecular flexibility index (Phi) is 7.42. The number of nitrogens with one attached hydrogen (secondary N) is 1. The lowest BCUT2D eigenvalue weighted by molar-refractivity contribution is -0.117. The average molecular weight is 454 g/mol. The van der Waals surface area contributed by atoms with Gasteiger partial charge < -0.3 is 14.6 Å². The number of ether oxygens (including phenoxy) is 1. The Balaban J connectivity index is 1.24. The number of amides is 1. The summed E-state index contributed by atoms with van der Waals surface area (Å²) in [6, 6.07) is 15.4. The molecule has 1 aromatic heterocycles. The summed E-state index contributed by atoms with van der Waals surface area (Å²) in [4.78, 5) is 21.7. The van der Waals surface area contributed by atoms with Gasteiger partial charge in [-0.3, -0.25) is 14.6 Å². The maximum Gasteiger partial charge on any atom is 0.238 e. The molecule has 0 spiro atoms. The van der Waals surface area contributed by atoms with Crippen molar-refractivity contribution in [1.29, 1.82) is 0 Å². The maximum absolute atomic E-state index is 12.5. The van der Waals surface area contributed by atoms with Crippen molar-refractivity contribution in [2.75, 3.05) is 51.7 Å². The summed E-state index contributed by atoms with van der Waals surface area (Å²) < 4.78 is 7.50. The van der Waals surface area contributed by atoms with E-state index < -0.39 is 0 Å². The molecule has 0 unspecified atom stereocenters. The van der Waals surface area contributed by atoms with Gasteiger partial charge in [-0.25, -0.2) is 4.98 Å².